The van der Waals surface area contributed by atoms with Crippen LogP contribution in [0.15, 0.2) is 36.4 Å². The Hall–Kier alpha value is 0.0974. The molecule has 1 unspecified atom stereocenters. The SMILES string of the molecule is CC(C)Cc1ccc(-c2c3c[c]([Sn]([CH3])([CH3])[CH3])sc3c(-c3ccc(CC(C)N)s3)c3c[c]([Sn]([CH3])([CH3])[CH3])sc23)s1. The van der Waals surface area contributed by atoms with Crippen molar-refractivity contribution < 1.29 is 0 Å². The molecule has 0 aliphatic heterocycles. The fraction of sp³-hybridized carbons (Fsp3) is 0.419. The molecule has 0 amide bonds. The van der Waals surface area contributed by atoms with Gasteiger partial charge >= 0.3 is 256 Å². The molecule has 4 aromatic heterocycles. The van der Waals surface area contributed by atoms with E-state index < -0.39 is 36.8 Å². The fourth-order valence-corrected chi connectivity index (χ4v) is 20.5. The van der Waals surface area contributed by atoms with E-state index in [-0.39, 0.29) is 6.04 Å². The number of thiophene rings is 4. The van der Waals surface area contributed by atoms with Gasteiger partial charge in [-0.15, -0.1) is 0 Å². The van der Waals surface area contributed by atoms with E-state index in [1.165, 1.54) is 50.8 Å². The zero-order valence-electron chi connectivity index (χ0n) is 24.2. The van der Waals surface area contributed by atoms with Crippen molar-refractivity contribution in [2.75, 3.05) is 0 Å². The van der Waals surface area contributed by atoms with Crippen LogP contribution in [-0.2, 0) is 12.8 Å². The molecule has 1 nitrogen and oxygen atoms in total. The molecule has 7 heteroatoms. The number of hydrogen-bond donors (Lipinski definition) is 1. The zero-order valence-corrected chi connectivity index (χ0v) is 33.2. The molecule has 202 valence electrons. The molecule has 0 aliphatic carbocycles. The first-order chi connectivity index (χ1) is 17.7. The molecule has 38 heavy (non-hydrogen) atoms. The number of rotatable bonds is 8. The first-order valence-corrected chi connectivity index (χ1v) is 36.9. The summed E-state index contributed by atoms with van der Waals surface area (Å²) in [6, 6.07) is 14.9. The second-order valence-electron chi connectivity index (χ2n) is 13.3. The van der Waals surface area contributed by atoms with Crippen molar-refractivity contribution in [2.45, 2.75) is 69.3 Å². The maximum absolute atomic E-state index is 6.20. The molecule has 5 aromatic rings. The first kappa shape index (κ1) is 29.6. The Kier molecular flexibility index (Phi) is 8.61. The van der Waals surface area contributed by atoms with Crippen LogP contribution >= 0.6 is 45.3 Å². The average Bonchev–Trinajstić information content (AvgIpc) is 3.56. The summed E-state index contributed by atoms with van der Waals surface area (Å²) >= 11 is 3.64. The monoisotopic (exact) mass is 795 g/mol. The third kappa shape index (κ3) is 6.00. The van der Waals surface area contributed by atoms with E-state index in [2.05, 4.69) is 109 Å². The molecular weight excluding hydrogens is 752 g/mol. The zero-order chi connectivity index (χ0) is 27.6. The second kappa shape index (κ2) is 11.1. The van der Waals surface area contributed by atoms with Crippen molar-refractivity contribution in [3.05, 3.63) is 46.2 Å². The third-order valence-electron chi connectivity index (χ3n) is 6.88. The Balaban J connectivity index is 1.88. The summed E-state index contributed by atoms with van der Waals surface area (Å²) in [7, 11) is 0. The van der Waals surface area contributed by atoms with Crippen LogP contribution in [-0.4, -0.2) is 42.8 Å². The van der Waals surface area contributed by atoms with Gasteiger partial charge < -0.3 is 0 Å². The average molecular weight is 793 g/mol. The summed E-state index contributed by atoms with van der Waals surface area (Å²) in [4.78, 5) is 21.1. The number of nitrogens with two attached hydrogens (primary N) is 1. The van der Waals surface area contributed by atoms with E-state index in [0.717, 1.165) is 12.8 Å². The molecule has 0 saturated carbocycles. The van der Waals surface area contributed by atoms with Crippen molar-refractivity contribution >= 4 is 108 Å². The Labute approximate surface area is 253 Å². The molecule has 0 fully saturated rings. The number of benzene rings is 1. The standard InChI is InChI=1S/C25H23NS4.6CH3.2Sn/c1-14(2)12-16-4-6-20(29-16)22-18-8-10-28-25(18)23(19-9-11-27-24(19)22)21-7-5-17(30-21)13-15(3)26;;;;;;;;/h4-9,14-15H,12-13,26H2,1-3H3;6*1H3;;. The molecule has 0 bridgehead atoms. The van der Waals surface area contributed by atoms with Gasteiger partial charge in [0.1, 0.15) is 0 Å². The van der Waals surface area contributed by atoms with Gasteiger partial charge in [0.15, 0.2) is 0 Å². The van der Waals surface area contributed by atoms with Crippen LogP contribution < -0.4 is 11.5 Å². The van der Waals surface area contributed by atoms with E-state index in [4.69, 9.17) is 5.73 Å². The van der Waals surface area contributed by atoms with Gasteiger partial charge in [-0.3, -0.25) is 0 Å². The molecule has 1 aromatic carbocycles. The van der Waals surface area contributed by atoms with E-state index in [9.17, 15) is 0 Å². The molecule has 5 rings (SSSR count). The molecule has 0 aliphatic rings. The van der Waals surface area contributed by atoms with Gasteiger partial charge in [0, 0.05) is 0 Å². The van der Waals surface area contributed by atoms with Crippen molar-refractivity contribution in [2.24, 2.45) is 11.7 Å². The summed E-state index contributed by atoms with van der Waals surface area (Å²) in [5.74, 6) is 0.680. The molecular formula is C31H41NS4Sn2. The minimum absolute atomic E-state index is 0.189. The van der Waals surface area contributed by atoms with Gasteiger partial charge in [0.2, 0.25) is 0 Å². The van der Waals surface area contributed by atoms with E-state index in [1.807, 2.05) is 22.7 Å². The van der Waals surface area contributed by atoms with Gasteiger partial charge in [-0.2, -0.15) is 0 Å². The predicted molar refractivity (Wildman–Crippen MR) is 186 cm³/mol. The van der Waals surface area contributed by atoms with Crippen LogP contribution in [0.4, 0.5) is 0 Å². The third-order valence-corrected chi connectivity index (χ3v) is 30.3. The van der Waals surface area contributed by atoms with Gasteiger partial charge in [-0.25, -0.2) is 0 Å². The van der Waals surface area contributed by atoms with Crippen molar-refractivity contribution in [3.63, 3.8) is 0 Å². The van der Waals surface area contributed by atoms with Crippen molar-refractivity contribution in [1.82, 2.24) is 0 Å². The Morgan fingerprint density at radius 1 is 0.632 bits per heavy atom. The summed E-state index contributed by atoms with van der Waals surface area (Å²) < 4.78 is 6.38. The topological polar surface area (TPSA) is 26.0 Å². The normalized spacial score (nSPS) is 13.9. The van der Waals surface area contributed by atoms with Crippen LogP contribution in [0.5, 0.6) is 0 Å². The van der Waals surface area contributed by atoms with Crippen LogP contribution in [0.1, 0.15) is 30.5 Å². The Morgan fingerprint density at radius 2 is 1.05 bits per heavy atom. The minimum atomic E-state index is -2.28. The van der Waals surface area contributed by atoms with Crippen molar-refractivity contribution in [1.29, 1.82) is 0 Å². The second-order valence-corrected chi connectivity index (χ2v) is 48.5. The van der Waals surface area contributed by atoms with Crippen LogP contribution in [0, 0.1) is 5.92 Å². The summed E-state index contributed by atoms with van der Waals surface area (Å²) in [5, 5.41) is 2.99. The first-order valence-electron chi connectivity index (χ1n) is 13.7. The molecule has 4 heterocycles. The van der Waals surface area contributed by atoms with Gasteiger partial charge in [0.25, 0.3) is 0 Å². The van der Waals surface area contributed by atoms with E-state index >= 15 is 0 Å². The molecule has 0 spiro atoms. The summed E-state index contributed by atoms with van der Waals surface area (Å²) in [6.07, 6.45) is 2.11. The molecule has 1 atom stereocenters. The summed E-state index contributed by atoms with van der Waals surface area (Å²) in [6.45, 7) is 6.77. The van der Waals surface area contributed by atoms with Gasteiger partial charge in [0.05, 0.1) is 0 Å². The van der Waals surface area contributed by atoms with E-state index in [1.54, 1.807) is 5.79 Å². The molecule has 2 N–H and O–H groups in total. The summed E-state index contributed by atoms with van der Waals surface area (Å²) in [5.41, 5.74) is 9.20. The molecule has 0 saturated heterocycles. The maximum atomic E-state index is 6.20. The Bertz CT molecular complexity index is 1430. The number of hydrogen-bond acceptors (Lipinski definition) is 5. The van der Waals surface area contributed by atoms with Crippen molar-refractivity contribution in [3.8, 4) is 20.9 Å². The van der Waals surface area contributed by atoms with Gasteiger partial charge in [-0.1, -0.05) is 0 Å². The van der Waals surface area contributed by atoms with Crippen LogP contribution in [0.25, 0.3) is 41.1 Å². The van der Waals surface area contributed by atoms with Crippen LogP contribution in [0.3, 0.4) is 0 Å². The quantitative estimate of drug-likeness (QED) is 0.156. The Morgan fingerprint density at radius 3 is 1.42 bits per heavy atom. The predicted octanol–water partition coefficient (Wildman–Crippen LogP) is 9.75. The van der Waals surface area contributed by atoms with E-state index in [0.29, 0.717) is 5.92 Å². The number of fused-ring (bicyclic) bond motifs is 2. The fourth-order valence-electron chi connectivity index (χ4n) is 4.96. The molecule has 0 radical (unpaired) electrons. The van der Waals surface area contributed by atoms with Crippen LogP contribution in [0.2, 0.25) is 29.6 Å². The van der Waals surface area contributed by atoms with Gasteiger partial charge in [-0.05, 0) is 0 Å².